The number of esters is 1. The quantitative estimate of drug-likeness (QED) is 0.603. The van der Waals surface area contributed by atoms with E-state index in [0.717, 1.165) is 10.6 Å². The molecule has 0 spiro atoms. The largest absolute Gasteiger partial charge is 0.465 e. The van der Waals surface area contributed by atoms with Crippen molar-refractivity contribution in [2.45, 2.75) is 18.5 Å². The van der Waals surface area contributed by atoms with Crippen LogP contribution < -0.4 is 5.73 Å². The van der Waals surface area contributed by atoms with E-state index in [4.69, 9.17) is 10.5 Å². The molecule has 0 atom stereocenters. The van der Waals surface area contributed by atoms with Crippen LogP contribution in [0.15, 0.2) is 23.4 Å². The van der Waals surface area contributed by atoms with Gasteiger partial charge >= 0.3 is 5.97 Å². The SMILES string of the molecule is CCOC(=O)CSc1ccc(CN)cn1. The van der Waals surface area contributed by atoms with Gasteiger partial charge in [-0.2, -0.15) is 0 Å². The van der Waals surface area contributed by atoms with Crippen molar-refractivity contribution in [3.8, 4) is 0 Å². The summed E-state index contributed by atoms with van der Waals surface area (Å²) in [4.78, 5) is 15.2. The monoisotopic (exact) mass is 226 g/mol. The third kappa shape index (κ3) is 4.31. The van der Waals surface area contributed by atoms with E-state index in [0.29, 0.717) is 18.9 Å². The van der Waals surface area contributed by atoms with Gasteiger partial charge in [-0.1, -0.05) is 17.8 Å². The van der Waals surface area contributed by atoms with Crippen LogP contribution in [0.2, 0.25) is 0 Å². The van der Waals surface area contributed by atoms with E-state index in [1.54, 1.807) is 13.1 Å². The first-order valence-corrected chi connectivity index (χ1v) is 5.68. The molecule has 1 aromatic heterocycles. The highest BCUT2D eigenvalue weighted by molar-refractivity contribution is 7.99. The maximum absolute atomic E-state index is 11.0. The normalized spacial score (nSPS) is 10.0. The van der Waals surface area contributed by atoms with Gasteiger partial charge in [0.25, 0.3) is 0 Å². The lowest BCUT2D eigenvalue weighted by Crippen LogP contribution is -2.06. The molecule has 1 rings (SSSR count). The molecule has 0 aromatic carbocycles. The van der Waals surface area contributed by atoms with Crippen LogP contribution in [0.25, 0.3) is 0 Å². The van der Waals surface area contributed by atoms with Gasteiger partial charge in [0.1, 0.15) is 0 Å². The van der Waals surface area contributed by atoms with Crippen LogP contribution in [0.5, 0.6) is 0 Å². The molecular formula is C10H14N2O2S. The van der Waals surface area contributed by atoms with Gasteiger partial charge in [0.15, 0.2) is 0 Å². The average Bonchev–Trinajstić information content (AvgIpc) is 2.27. The predicted octanol–water partition coefficient (Wildman–Crippen LogP) is 1.20. The Morgan fingerprint density at radius 1 is 1.60 bits per heavy atom. The maximum Gasteiger partial charge on any atom is 0.316 e. The second-order valence-electron chi connectivity index (χ2n) is 2.80. The molecule has 2 N–H and O–H groups in total. The Hall–Kier alpha value is -1.07. The molecule has 4 nitrogen and oxygen atoms in total. The first-order valence-electron chi connectivity index (χ1n) is 4.69. The number of carbonyl (C=O) groups is 1. The number of nitrogens with two attached hydrogens (primary N) is 1. The zero-order chi connectivity index (χ0) is 11.1. The van der Waals surface area contributed by atoms with Crippen molar-refractivity contribution in [1.29, 1.82) is 0 Å². The van der Waals surface area contributed by atoms with Crippen molar-refractivity contribution in [3.05, 3.63) is 23.9 Å². The van der Waals surface area contributed by atoms with Gasteiger partial charge in [-0.3, -0.25) is 4.79 Å². The molecule has 1 heterocycles. The molecule has 0 aliphatic heterocycles. The van der Waals surface area contributed by atoms with Crippen molar-refractivity contribution in [1.82, 2.24) is 4.98 Å². The third-order valence-corrected chi connectivity index (χ3v) is 2.59. The number of pyridine rings is 1. The van der Waals surface area contributed by atoms with Gasteiger partial charge in [-0.05, 0) is 18.6 Å². The minimum atomic E-state index is -0.216. The zero-order valence-corrected chi connectivity index (χ0v) is 9.42. The Kier molecular flexibility index (Phi) is 5.14. The van der Waals surface area contributed by atoms with Crippen LogP contribution in [0, 0.1) is 0 Å². The molecule has 0 aliphatic carbocycles. The first kappa shape index (κ1) is 12.0. The van der Waals surface area contributed by atoms with Gasteiger partial charge in [-0.25, -0.2) is 4.98 Å². The van der Waals surface area contributed by atoms with Gasteiger partial charge in [0, 0.05) is 12.7 Å². The molecule has 0 saturated heterocycles. The lowest BCUT2D eigenvalue weighted by molar-refractivity contribution is -0.139. The van der Waals surface area contributed by atoms with E-state index in [9.17, 15) is 4.79 Å². The summed E-state index contributed by atoms with van der Waals surface area (Å²) in [5.41, 5.74) is 6.42. The number of ether oxygens (including phenoxy) is 1. The first-order chi connectivity index (χ1) is 7.26. The van der Waals surface area contributed by atoms with Crippen LogP contribution in [0.3, 0.4) is 0 Å². The Balaban J connectivity index is 2.40. The van der Waals surface area contributed by atoms with E-state index in [2.05, 4.69) is 4.98 Å². The van der Waals surface area contributed by atoms with E-state index in [1.807, 2.05) is 12.1 Å². The van der Waals surface area contributed by atoms with E-state index >= 15 is 0 Å². The highest BCUT2D eigenvalue weighted by Gasteiger charge is 2.03. The lowest BCUT2D eigenvalue weighted by atomic mass is 10.3. The number of rotatable bonds is 5. The van der Waals surface area contributed by atoms with E-state index < -0.39 is 0 Å². The van der Waals surface area contributed by atoms with Gasteiger partial charge in [0.2, 0.25) is 0 Å². The predicted molar refractivity (Wildman–Crippen MR) is 59.5 cm³/mol. The molecule has 15 heavy (non-hydrogen) atoms. The fraction of sp³-hybridized carbons (Fsp3) is 0.400. The Morgan fingerprint density at radius 2 is 2.40 bits per heavy atom. The average molecular weight is 226 g/mol. The fourth-order valence-electron chi connectivity index (χ4n) is 0.953. The maximum atomic E-state index is 11.0. The number of hydrogen-bond donors (Lipinski definition) is 1. The third-order valence-electron chi connectivity index (χ3n) is 1.68. The summed E-state index contributed by atoms with van der Waals surface area (Å²) < 4.78 is 4.80. The number of aromatic nitrogens is 1. The van der Waals surface area contributed by atoms with E-state index in [-0.39, 0.29) is 5.97 Å². The fourth-order valence-corrected chi connectivity index (χ4v) is 1.59. The number of nitrogens with zero attached hydrogens (tertiary/aromatic N) is 1. The topological polar surface area (TPSA) is 65.2 Å². The zero-order valence-electron chi connectivity index (χ0n) is 8.60. The van der Waals surface area contributed by atoms with Crippen LogP contribution in [-0.2, 0) is 16.1 Å². The van der Waals surface area contributed by atoms with Crippen molar-refractivity contribution in [2.24, 2.45) is 5.73 Å². The molecule has 0 aliphatic rings. The van der Waals surface area contributed by atoms with Crippen LogP contribution in [0.4, 0.5) is 0 Å². The summed E-state index contributed by atoms with van der Waals surface area (Å²) in [6, 6.07) is 3.76. The van der Waals surface area contributed by atoms with Gasteiger partial charge < -0.3 is 10.5 Å². The molecule has 82 valence electrons. The smallest absolute Gasteiger partial charge is 0.316 e. The second-order valence-corrected chi connectivity index (χ2v) is 3.80. The summed E-state index contributed by atoms with van der Waals surface area (Å²) in [6.45, 7) is 2.69. The Morgan fingerprint density at radius 3 is 2.93 bits per heavy atom. The van der Waals surface area contributed by atoms with Crippen molar-refractivity contribution >= 4 is 17.7 Å². The highest BCUT2D eigenvalue weighted by atomic mass is 32.2. The standard InChI is InChI=1S/C10H14N2O2S/c1-2-14-10(13)7-15-9-4-3-8(5-11)6-12-9/h3-4,6H,2,5,7,11H2,1H3. The minimum Gasteiger partial charge on any atom is -0.465 e. The number of thioether (sulfide) groups is 1. The molecule has 1 aromatic rings. The highest BCUT2D eigenvalue weighted by Crippen LogP contribution is 2.15. The van der Waals surface area contributed by atoms with Crippen LogP contribution in [-0.4, -0.2) is 23.3 Å². The Bertz CT molecular complexity index is 314. The van der Waals surface area contributed by atoms with Crippen LogP contribution >= 0.6 is 11.8 Å². The van der Waals surface area contributed by atoms with E-state index in [1.165, 1.54) is 11.8 Å². The molecule has 0 fully saturated rings. The Labute approximate surface area is 93.2 Å². The molecule has 0 radical (unpaired) electrons. The summed E-state index contributed by atoms with van der Waals surface area (Å²) >= 11 is 1.36. The lowest BCUT2D eigenvalue weighted by Gasteiger charge is -2.02. The molecule has 0 saturated carbocycles. The number of carbonyl (C=O) groups excluding carboxylic acids is 1. The summed E-state index contributed by atoms with van der Waals surface area (Å²) in [6.07, 6.45) is 1.72. The van der Waals surface area contributed by atoms with Crippen molar-refractivity contribution in [3.63, 3.8) is 0 Å². The number of hydrogen-bond acceptors (Lipinski definition) is 5. The molecule has 0 amide bonds. The molecule has 0 unspecified atom stereocenters. The molecular weight excluding hydrogens is 212 g/mol. The summed E-state index contributed by atoms with van der Waals surface area (Å²) in [7, 11) is 0. The molecule has 5 heteroatoms. The van der Waals surface area contributed by atoms with Crippen molar-refractivity contribution in [2.75, 3.05) is 12.4 Å². The van der Waals surface area contributed by atoms with Crippen molar-refractivity contribution < 1.29 is 9.53 Å². The summed E-state index contributed by atoms with van der Waals surface area (Å²) in [5, 5.41) is 0.806. The minimum absolute atomic E-state index is 0.216. The summed E-state index contributed by atoms with van der Waals surface area (Å²) in [5.74, 6) is 0.0789. The van der Waals surface area contributed by atoms with Gasteiger partial charge in [0.05, 0.1) is 17.4 Å². The van der Waals surface area contributed by atoms with Crippen LogP contribution in [0.1, 0.15) is 12.5 Å². The molecule has 0 bridgehead atoms. The van der Waals surface area contributed by atoms with Gasteiger partial charge in [-0.15, -0.1) is 0 Å². The second kappa shape index (κ2) is 6.42.